The third kappa shape index (κ3) is 5.29. The molecular formula is C14H25N3. The van der Waals surface area contributed by atoms with Gasteiger partial charge in [-0.25, -0.2) is 0 Å². The van der Waals surface area contributed by atoms with E-state index in [9.17, 15) is 0 Å². The molecule has 3 heteroatoms. The summed E-state index contributed by atoms with van der Waals surface area (Å²) in [6.07, 6.45) is 11.4. The van der Waals surface area contributed by atoms with E-state index in [4.69, 9.17) is 5.84 Å². The summed E-state index contributed by atoms with van der Waals surface area (Å²) in [5.74, 6) is 5.62. The Bertz CT molecular complexity index is 312. The lowest BCUT2D eigenvalue weighted by atomic mass is 10.0. The quantitative estimate of drug-likeness (QED) is 0.413. The van der Waals surface area contributed by atoms with E-state index in [-0.39, 0.29) is 6.04 Å². The van der Waals surface area contributed by atoms with Crippen molar-refractivity contribution in [3.05, 3.63) is 29.6 Å². The molecule has 17 heavy (non-hydrogen) atoms. The fraction of sp³-hybridized carbons (Fsp3) is 0.643. The number of aromatic nitrogens is 1. The second kappa shape index (κ2) is 8.20. The van der Waals surface area contributed by atoms with E-state index in [0.29, 0.717) is 0 Å². The number of unbranched alkanes of at least 4 members (excludes halogenated alkanes) is 4. The van der Waals surface area contributed by atoms with E-state index in [1.165, 1.54) is 43.2 Å². The Balaban J connectivity index is 2.38. The number of rotatable bonds is 8. The van der Waals surface area contributed by atoms with Gasteiger partial charge in [0.1, 0.15) is 0 Å². The second-order valence-electron chi connectivity index (χ2n) is 4.72. The molecule has 1 aromatic rings. The molecule has 0 fully saturated rings. The lowest BCUT2D eigenvalue weighted by Crippen LogP contribution is -2.28. The predicted molar refractivity (Wildman–Crippen MR) is 72.4 cm³/mol. The molecule has 0 aromatic carbocycles. The molecule has 1 aromatic heterocycles. The van der Waals surface area contributed by atoms with Gasteiger partial charge in [-0.3, -0.25) is 16.3 Å². The highest BCUT2D eigenvalue weighted by molar-refractivity contribution is 5.19. The van der Waals surface area contributed by atoms with Crippen molar-refractivity contribution < 1.29 is 0 Å². The lowest BCUT2D eigenvalue weighted by Gasteiger charge is -2.16. The summed E-state index contributed by atoms with van der Waals surface area (Å²) in [5.41, 5.74) is 5.28. The molecule has 0 bridgehead atoms. The SMILES string of the molecule is CCCCCCCC(NN)c1cncc(C)c1. The highest BCUT2D eigenvalue weighted by Gasteiger charge is 2.09. The molecule has 1 atom stereocenters. The van der Waals surface area contributed by atoms with E-state index in [0.717, 1.165) is 6.42 Å². The van der Waals surface area contributed by atoms with Crippen LogP contribution in [0, 0.1) is 6.92 Å². The number of nitrogens with two attached hydrogens (primary N) is 1. The number of hydrogen-bond donors (Lipinski definition) is 2. The maximum atomic E-state index is 5.62. The largest absolute Gasteiger partial charge is 0.271 e. The average molecular weight is 235 g/mol. The van der Waals surface area contributed by atoms with E-state index < -0.39 is 0 Å². The first-order chi connectivity index (χ1) is 8.27. The average Bonchev–Trinajstić information content (AvgIpc) is 2.34. The summed E-state index contributed by atoms with van der Waals surface area (Å²) in [4.78, 5) is 4.22. The number of pyridine rings is 1. The van der Waals surface area contributed by atoms with Gasteiger partial charge in [-0.2, -0.15) is 0 Å². The number of hydrogen-bond acceptors (Lipinski definition) is 3. The molecule has 0 radical (unpaired) electrons. The highest BCUT2D eigenvalue weighted by Crippen LogP contribution is 2.19. The van der Waals surface area contributed by atoms with Crippen LogP contribution in [-0.4, -0.2) is 4.98 Å². The number of nitrogens with zero attached hydrogens (tertiary/aromatic N) is 1. The molecule has 0 saturated carbocycles. The molecule has 96 valence electrons. The maximum Gasteiger partial charge on any atom is 0.0475 e. The molecular weight excluding hydrogens is 210 g/mol. The first-order valence-electron chi connectivity index (χ1n) is 6.65. The molecule has 0 aliphatic carbocycles. The summed E-state index contributed by atoms with van der Waals surface area (Å²) in [6.45, 7) is 4.30. The predicted octanol–water partition coefficient (Wildman–Crippen LogP) is 3.25. The van der Waals surface area contributed by atoms with Gasteiger partial charge in [0, 0.05) is 18.4 Å². The van der Waals surface area contributed by atoms with Crippen LogP contribution in [0.3, 0.4) is 0 Å². The summed E-state index contributed by atoms with van der Waals surface area (Å²) in [5, 5.41) is 0. The number of aryl methyl sites for hydroxylation is 1. The Hall–Kier alpha value is -0.930. The molecule has 0 amide bonds. The minimum absolute atomic E-state index is 0.240. The van der Waals surface area contributed by atoms with Crippen molar-refractivity contribution in [3.63, 3.8) is 0 Å². The fourth-order valence-electron chi connectivity index (χ4n) is 2.07. The monoisotopic (exact) mass is 235 g/mol. The number of nitrogens with one attached hydrogen (secondary N) is 1. The van der Waals surface area contributed by atoms with Crippen LogP contribution in [0.25, 0.3) is 0 Å². The zero-order chi connectivity index (χ0) is 12.5. The van der Waals surface area contributed by atoms with Crippen LogP contribution in [0.1, 0.15) is 62.6 Å². The summed E-state index contributed by atoms with van der Waals surface area (Å²) in [7, 11) is 0. The van der Waals surface area contributed by atoms with E-state index in [2.05, 4.69) is 30.3 Å². The van der Waals surface area contributed by atoms with Crippen LogP contribution in [0.5, 0.6) is 0 Å². The summed E-state index contributed by atoms with van der Waals surface area (Å²) < 4.78 is 0. The first-order valence-corrected chi connectivity index (χ1v) is 6.65. The third-order valence-electron chi connectivity index (χ3n) is 3.10. The van der Waals surface area contributed by atoms with Crippen LogP contribution in [-0.2, 0) is 0 Å². The van der Waals surface area contributed by atoms with Crippen molar-refractivity contribution in [3.8, 4) is 0 Å². The number of hydrazine groups is 1. The molecule has 0 saturated heterocycles. The molecule has 0 aliphatic heterocycles. The topological polar surface area (TPSA) is 50.9 Å². The van der Waals surface area contributed by atoms with Gasteiger partial charge in [0.15, 0.2) is 0 Å². The standard InChI is InChI=1S/C14H25N3/c1-3-4-5-6-7-8-14(17-15)13-9-12(2)10-16-11-13/h9-11,14,17H,3-8,15H2,1-2H3. The van der Waals surface area contributed by atoms with Crippen LogP contribution < -0.4 is 11.3 Å². The molecule has 1 heterocycles. The van der Waals surface area contributed by atoms with Crippen LogP contribution in [0.15, 0.2) is 18.5 Å². The van der Waals surface area contributed by atoms with Crippen molar-refractivity contribution in [2.24, 2.45) is 5.84 Å². The van der Waals surface area contributed by atoms with Crippen LogP contribution >= 0.6 is 0 Å². The lowest BCUT2D eigenvalue weighted by molar-refractivity contribution is 0.478. The normalized spacial score (nSPS) is 12.6. The Morgan fingerprint density at radius 1 is 1.24 bits per heavy atom. The summed E-state index contributed by atoms with van der Waals surface area (Å²) >= 11 is 0. The van der Waals surface area contributed by atoms with Crippen molar-refractivity contribution in [1.82, 2.24) is 10.4 Å². The van der Waals surface area contributed by atoms with Crippen molar-refractivity contribution in [1.29, 1.82) is 0 Å². The smallest absolute Gasteiger partial charge is 0.0475 e. The minimum Gasteiger partial charge on any atom is -0.271 e. The second-order valence-corrected chi connectivity index (χ2v) is 4.72. The third-order valence-corrected chi connectivity index (χ3v) is 3.10. The van der Waals surface area contributed by atoms with E-state index in [1.54, 1.807) is 0 Å². The molecule has 0 spiro atoms. The van der Waals surface area contributed by atoms with E-state index in [1.807, 2.05) is 12.4 Å². The molecule has 1 unspecified atom stereocenters. The van der Waals surface area contributed by atoms with Gasteiger partial charge in [-0.15, -0.1) is 0 Å². The molecule has 3 nitrogen and oxygen atoms in total. The minimum atomic E-state index is 0.240. The van der Waals surface area contributed by atoms with Gasteiger partial charge in [0.25, 0.3) is 0 Å². The van der Waals surface area contributed by atoms with Gasteiger partial charge in [0.2, 0.25) is 0 Å². The Labute approximate surface area is 105 Å². The van der Waals surface area contributed by atoms with Gasteiger partial charge >= 0.3 is 0 Å². The Morgan fingerprint density at radius 2 is 2.00 bits per heavy atom. The van der Waals surface area contributed by atoms with E-state index >= 15 is 0 Å². The first kappa shape index (κ1) is 14.1. The Kier molecular flexibility index (Phi) is 6.82. The van der Waals surface area contributed by atoms with Crippen molar-refractivity contribution >= 4 is 0 Å². The molecule has 3 N–H and O–H groups in total. The van der Waals surface area contributed by atoms with Gasteiger partial charge < -0.3 is 0 Å². The molecule has 1 rings (SSSR count). The summed E-state index contributed by atoms with van der Waals surface area (Å²) in [6, 6.07) is 2.40. The van der Waals surface area contributed by atoms with Gasteiger partial charge in [-0.1, -0.05) is 45.1 Å². The van der Waals surface area contributed by atoms with Crippen LogP contribution in [0.4, 0.5) is 0 Å². The van der Waals surface area contributed by atoms with Gasteiger partial charge in [-0.05, 0) is 24.5 Å². The fourth-order valence-corrected chi connectivity index (χ4v) is 2.07. The molecule has 0 aliphatic rings. The van der Waals surface area contributed by atoms with Crippen molar-refractivity contribution in [2.75, 3.05) is 0 Å². The van der Waals surface area contributed by atoms with Gasteiger partial charge in [0.05, 0.1) is 0 Å². The highest BCUT2D eigenvalue weighted by atomic mass is 15.2. The zero-order valence-electron chi connectivity index (χ0n) is 11.1. The maximum absolute atomic E-state index is 5.62. The Morgan fingerprint density at radius 3 is 2.65 bits per heavy atom. The zero-order valence-corrected chi connectivity index (χ0v) is 11.1. The van der Waals surface area contributed by atoms with Crippen LogP contribution in [0.2, 0.25) is 0 Å². The van der Waals surface area contributed by atoms with Crippen molar-refractivity contribution in [2.45, 2.75) is 58.4 Å².